The largest absolute Gasteiger partial charge is 0.496 e. The molecule has 0 saturated carbocycles. The minimum atomic E-state index is 0.841. The van der Waals surface area contributed by atoms with Crippen molar-refractivity contribution in [3.63, 3.8) is 0 Å². The van der Waals surface area contributed by atoms with Gasteiger partial charge in [0.25, 0.3) is 0 Å². The first-order chi connectivity index (χ1) is 9.67. The third-order valence-corrected chi connectivity index (χ3v) is 4.38. The average Bonchev–Trinajstić information content (AvgIpc) is 2.71. The number of aryl methyl sites for hydroxylation is 2. The van der Waals surface area contributed by atoms with Crippen molar-refractivity contribution < 1.29 is 4.74 Å². The summed E-state index contributed by atoms with van der Waals surface area (Å²) in [7, 11) is 3.69. The summed E-state index contributed by atoms with van der Waals surface area (Å²) in [4.78, 5) is 1.11. The van der Waals surface area contributed by atoms with Gasteiger partial charge in [0.1, 0.15) is 10.8 Å². The van der Waals surface area contributed by atoms with Crippen LogP contribution >= 0.6 is 11.8 Å². The highest BCUT2D eigenvalue weighted by molar-refractivity contribution is 7.99. The van der Waals surface area contributed by atoms with Crippen molar-refractivity contribution in [2.24, 2.45) is 7.05 Å². The van der Waals surface area contributed by atoms with Crippen LogP contribution in [0.4, 0.5) is 0 Å². The maximum Gasteiger partial charge on any atom is 0.132 e. The minimum Gasteiger partial charge on any atom is -0.496 e. The van der Waals surface area contributed by atoms with E-state index in [4.69, 9.17) is 4.74 Å². The van der Waals surface area contributed by atoms with Gasteiger partial charge in [0.05, 0.1) is 17.7 Å². The summed E-state index contributed by atoms with van der Waals surface area (Å²) in [5, 5.41) is 9.07. The Labute approximate surface area is 124 Å². The number of hydrogen-bond acceptors (Lipinski definition) is 4. The minimum absolute atomic E-state index is 0.841. The lowest BCUT2D eigenvalue weighted by Gasteiger charge is -2.10. The molecule has 5 heteroatoms. The molecular weight excluding hydrogens is 270 g/mol. The van der Waals surface area contributed by atoms with Gasteiger partial charge in [0.15, 0.2) is 0 Å². The van der Waals surface area contributed by atoms with Crippen molar-refractivity contribution in [3.8, 4) is 5.75 Å². The summed E-state index contributed by atoms with van der Waals surface area (Å²) < 4.78 is 7.36. The van der Waals surface area contributed by atoms with Crippen LogP contribution in [0.1, 0.15) is 18.2 Å². The number of methoxy groups -OCH3 is 1. The first-order valence-corrected chi connectivity index (χ1v) is 7.53. The molecule has 108 valence electrons. The van der Waals surface area contributed by atoms with Gasteiger partial charge in [-0.2, -0.15) is 5.10 Å². The van der Waals surface area contributed by atoms with Gasteiger partial charge < -0.3 is 10.1 Å². The second-order valence-electron chi connectivity index (χ2n) is 4.53. The second kappa shape index (κ2) is 6.81. The number of benzene rings is 1. The van der Waals surface area contributed by atoms with E-state index >= 15 is 0 Å². The topological polar surface area (TPSA) is 39.1 Å². The molecule has 0 atom stereocenters. The lowest BCUT2D eigenvalue weighted by molar-refractivity contribution is 0.405. The molecule has 2 rings (SSSR count). The van der Waals surface area contributed by atoms with E-state index in [9.17, 15) is 0 Å². The molecule has 0 aliphatic rings. The van der Waals surface area contributed by atoms with E-state index in [1.165, 1.54) is 5.56 Å². The first-order valence-electron chi connectivity index (χ1n) is 6.71. The molecule has 1 aromatic carbocycles. The molecule has 20 heavy (non-hydrogen) atoms. The standard InChI is InChI=1S/C15H21N3OS/c1-5-16-10-12-11(2)17-18(3)15(12)20-14-9-7-6-8-13(14)19-4/h6-9,16H,5,10H2,1-4H3. The highest BCUT2D eigenvalue weighted by Crippen LogP contribution is 2.36. The Morgan fingerprint density at radius 2 is 2.10 bits per heavy atom. The zero-order valence-electron chi connectivity index (χ0n) is 12.4. The van der Waals surface area contributed by atoms with Crippen molar-refractivity contribution in [3.05, 3.63) is 35.5 Å². The zero-order chi connectivity index (χ0) is 14.5. The highest BCUT2D eigenvalue weighted by atomic mass is 32.2. The number of para-hydroxylation sites is 1. The molecule has 0 saturated heterocycles. The van der Waals surface area contributed by atoms with Gasteiger partial charge in [0, 0.05) is 19.2 Å². The van der Waals surface area contributed by atoms with Gasteiger partial charge in [-0.25, -0.2) is 0 Å². The second-order valence-corrected chi connectivity index (χ2v) is 5.56. The monoisotopic (exact) mass is 291 g/mol. The number of ether oxygens (including phenoxy) is 1. The Morgan fingerprint density at radius 3 is 2.80 bits per heavy atom. The maximum absolute atomic E-state index is 5.42. The van der Waals surface area contributed by atoms with Crippen molar-refractivity contribution in [2.75, 3.05) is 13.7 Å². The van der Waals surface area contributed by atoms with E-state index in [0.717, 1.165) is 34.5 Å². The number of nitrogens with one attached hydrogen (secondary N) is 1. The van der Waals surface area contributed by atoms with Gasteiger partial charge in [-0.15, -0.1) is 0 Å². The lowest BCUT2D eigenvalue weighted by atomic mass is 10.2. The molecule has 4 nitrogen and oxygen atoms in total. The molecule has 0 unspecified atom stereocenters. The number of aromatic nitrogens is 2. The average molecular weight is 291 g/mol. The fourth-order valence-electron chi connectivity index (χ4n) is 2.07. The Hall–Kier alpha value is -1.46. The molecule has 2 aromatic rings. The van der Waals surface area contributed by atoms with Crippen LogP contribution in [0.25, 0.3) is 0 Å². The SMILES string of the molecule is CCNCc1c(C)nn(C)c1Sc1ccccc1OC. The van der Waals surface area contributed by atoms with Crippen LogP contribution in [0.15, 0.2) is 34.2 Å². The van der Waals surface area contributed by atoms with Crippen LogP contribution in [0, 0.1) is 6.92 Å². The van der Waals surface area contributed by atoms with Crippen LogP contribution in [0.5, 0.6) is 5.75 Å². The Kier molecular flexibility index (Phi) is 5.09. The smallest absolute Gasteiger partial charge is 0.132 e. The van der Waals surface area contributed by atoms with Gasteiger partial charge >= 0.3 is 0 Å². The molecule has 0 radical (unpaired) electrons. The summed E-state index contributed by atoms with van der Waals surface area (Å²) in [5.41, 5.74) is 2.33. The molecule has 0 aliphatic carbocycles. The highest BCUT2D eigenvalue weighted by Gasteiger charge is 2.15. The van der Waals surface area contributed by atoms with Crippen LogP contribution in [0.3, 0.4) is 0 Å². The summed E-state index contributed by atoms with van der Waals surface area (Å²) in [6.07, 6.45) is 0. The van der Waals surface area contributed by atoms with Crippen LogP contribution in [-0.4, -0.2) is 23.4 Å². The van der Waals surface area contributed by atoms with Crippen molar-refractivity contribution in [2.45, 2.75) is 30.3 Å². The van der Waals surface area contributed by atoms with Crippen LogP contribution in [-0.2, 0) is 13.6 Å². The summed E-state index contributed by atoms with van der Waals surface area (Å²) >= 11 is 1.70. The predicted octanol–water partition coefficient (Wildman–Crippen LogP) is 3.00. The fraction of sp³-hybridized carbons (Fsp3) is 0.400. The van der Waals surface area contributed by atoms with E-state index in [1.54, 1.807) is 18.9 Å². The van der Waals surface area contributed by atoms with Gasteiger partial charge in [-0.1, -0.05) is 30.8 Å². The molecule has 1 aromatic heterocycles. The number of hydrogen-bond donors (Lipinski definition) is 1. The number of rotatable bonds is 6. The zero-order valence-corrected chi connectivity index (χ0v) is 13.3. The Balaban J connectivity index is 2.32. The van der Waals surface area contributed by atoms with Gasteiger partial charge in [0.2, 0.25) is 0 Å². The quantitative estimate of drug-likeness (QED) is 0.888. The van der Waals surface area contributed by atoms with Crippen LogP contribution in [0.2, 0.25) is 0 Å². The molecule has 1 heterocycles. The number of nitrogens with zero attached hydrogens (tertiary/aromatic N) is 2. The summed E-state index contributed by atoms with van der Waals surface area (Å²) in [5.74, 6) is 0.894. The summed E-state index contributed by atoms with van der Waals surface area (Å²) in [6.45, 7) is 5.96. The van der Waals surface area contributed by atoms with E-state index in [1.807, 2.05) is 29.9 Å². The third kappa shape index (κ3) is 3.16. The fourth-order valence-corrected chi connectivity index (χ4v) is 3.19. The Bertz CT molecular complexity index is 580. The van der Waals surface area contributed by atoms with Gasteiger partial charge in [-0.3, -0.25) is 4.68 Å². The molecule has 0 aliphatic heterocycles. The predicted molar refractivity (Wildman–Crippen MR) is 82.4 cm³/mol. The normalized spacial score (nSPS) is 10.8. The first kappa shape index (κ1) is 14.9. The Morgan fingerprint density at radius 1 is 1.35 bits per heavy atom. The van der Waals surface area contributed by atoms with Crippen molar-refractivity contribution >= 4 is 11.8 Å². The van der Waals surface area contributed by atoms with Gasteiger partial charge in [-0.05, 0) is 25.6 Å². The van der Waals surface area contributed by atoms with E-state index in [2.05, 4.69) is 30.3 Å². The van der Waals surface area contributed by atoms with Crippen molar-refractivity contribution in [1.82, 2.24) is 15.1 Å². The lowest BCUT2D eigenvalue weighted by Crippen LogP contribution is -2.12. The summed E-state index contributed by atoms with van der Waals surface area (Å²) in [6, 6.07) is 8.06. The maximum atomic E-state index is 5.42. The van der Waals surface area contributed by atoms with E-state index < -0.39 is 0 Å². The van der Waals surface area contributed by atoms with E-state index in [0.29, 0.717) is 0 Å². The van der Waals surface area contributed by atoms with E-state index in [-0.39, 0.29) is 0 Å². The van der Waals surface area contributed by atoms with Crippen LogP contribution < -0.4 is 10.1 Å². The molecule has 0 amide bonds. The van der Waals surface area contributed by atoms with Crippen molar-refractivity contribution in [1.29, 1.82) is 0 Å². The third-order valence-electron chi connectivity index (χ3n) is 3.12. The molecule has 0 bridgehead atoms. The molecular formula is C15H21N3OS. The molecule has 1 N–H and O–H groups in total. The molecule has 0 fully saturated rings. The molecule has 0 spiro atoms.